The molecule has 1 rings (SSSR count). The number of carbonyl (C=O) groups excluding carboxylic acids is 1. The minimum atomic E-state index is -0.186. The molecule has 0 aliphatic rings. The molecule has 0 saturated carbocycles. The maximum absolute atomic E-state index is 11.0. The van der Waals surface area contributed by atoms with E-state index in [4.69, 9.17) is 16.3 Å². The molecule has 0 saturated heterocycles. The van der Waals surface area contributed by atoms with Gasteiger partial charge in [-0.2, -0.15) is 0 Å². The van der Waals surface area contributed by atoms with Gasteiger partial charge in [-0.1, -0.05) is 11.6 Å². The molecule has 4 nitrogen and oxygen atoms in total. The summed E-state index contributed by atoms with van der Waals surface area (Å²) in [5.41, 5.74) is 0.858. The zero-order valence-electron chi connectivity index (χ0n) is 9.20. The zero-order valence-corrected chi connectivity index (χ0v) is 9.96. The fraction of sp³-hybridized carbons (Fsp3) is 0.455. The highest BCUT2D eigenvalue weighted by Gasteiger charge is 2.01. The molecular weight excluding hydrogens is 228 g/mol. The lowest BCUT2D eigenvalue weighted by atomic mass is 10.3. The number of halogens is 1. The van der Waals surface area contributed by atoms with Crippen LogP contribution in [0.3, 0.4) is 0 Å². The van der Waals surface area contributed by atoms with Crippen molar-refractivity contribution in [3.8, 4) is 0 Å². The second-order valence-electron chi connectivity index (χ2n) is 3.20. The molecule has 16 heavy (non-hydrogen) atoms. The van der Waals surface area contributed by atoms with Gasteiger partial charge in [-0.3, -0.25) is 9.78 Å². The third-order valence-corrected chi connectivity index (χ3v) is 2.13. The first kappa shape index (κ1) is 12.9. The van der Waals surface area contributed by atoms with E-state index in [1.807, 2.05) is 0 Å². The van der Waals surface area contributed by atoms with Gasteiger partial charge in [0.05, 0.1) is 18.7 Å². The van der Waals surface area contributed by atoms with Crippen molar-refractivity contribution in [1.82, 2.24) is 10.3 Å². The minimum Gasteiger partial charge on any atom is -0.466 e. The third kappa shape index (κ3) is 5.09. The SMILES string of the molecule is CCOC(=O)CCNCc1cc(Cl)ccn1. The van der Waals surface area contributed by atoms with Crippen molar-refractivity contribution in [3.05, 3.63) is 29.0 Å². The maximum atomic E-state index is 11.0. The van der Waals surface area contributed by atoms with Crippen molar-refractivity contribution in [2.75, 3.05) is 13.2 Å². The van der Waals surface area contributed by atoms with Crippen LogP contribution in [-0.2, 0) is 16.1 Å². The quantitative estimate of drug-likeness (QED) is 0.610. The minimum absolute atomic E-state index is 0.186. The molecule has 1 heterocycles. The number of hydrogen-bond donors (Lipinski definition) is 1. The third-order valence-electron chi connectivity index (χ3n) is 1.90. The lowest BCUT2D eigenvalue weighted by Gasteiger charge is -2.04. The second kappa shape index (κ2) is 7.19. The van der Waals surface area contributed by atoms with E-state index in [0.717, 1.165) is 5.69 Å². The molecule has 0 radical (unpaired) electrons. The Labute approximate surface area is 100.0 Å². The summed E-state index contributed by atoms with van der Waals surface area (Å²) in [6, 6.07) is 3.52. The van der Waals surface area contributed by atoms with E-state index >= 15 is 0 Å². The van der Waals surface area contributed by atoms with Crippen LogP contribution in [0, 0.1) is 0 Å². The Morgan fingerprint density at radius 3 is 3.12 bits per heavy atom. The van der Waals surface area contributed by atoms with Crippen molar-refractivity contribution < 1.29 is 9.53 Å². The molecule has 0 spiro atoms. The highest BCUT2D eigenvalue weighted by molar-refractivity contribution is 6.30. The topological polar surface area (TPSA) is 51.2 Å². The number of pyridine rings is 1. The van der Waals surface area contributed by atoms with Crippen molar-refractivity contribution >= 4 is 17.6 Å². The Balaban J connectivity index is 2.18. The summed E-state index contributed by atoms with van der Waals surface area (Å²) in [4.78, 5) is 15.1. The smallest absolute Gasteiger partial charge is 0.307 e. The lowest BCUT2D eigenvalue weighted by Crippen LogP contribution is -2.19. The first-order chi connectivity index (χ1) is 7.72. The molecule has 0 aromatic carbocycles. The molecule has 0 amide bonds. The van der Waals surface area contributed by atoms with Crippen LogP contribution in [0.4, 0.5) is 0 Å². The van der Waals surface area contributed by atoms with Crippen LogP contribution in [0.2, 0.25) is 5.02 Å². The summed E-state index contributed by atoms with van der Waals surface area (Å²) in [5.74, 6) is -0.186. The highest BCUT2D eigenvalue weighted by Crippen LogP contribution is 2.07. The average molecular weight is 243 g/mol. The zero-order chi connectivity index (χ0) is 11.8. The fourth-order valence-electron chi connectivity index (χ4n) is 1.19. The summed E-state index contributed by atoms with van der Waals surface area (Å²) in [5, 5.41) is 3.76. The average Bonchev–Trinajstić information content (AvgIpc) is 2.25. The molecule has 0 unspecified atom stereocenters. The molecule has 1 N–H and O–H groups in total. The van der Waals surface area contributed by atoms with Crippen molar-refractivity contribution in [1.29, 1.82) is 0 Å². The molecule has 0 aliphatic carbocycles. The van der Waals surface area contributed by atoms with Crippen LogP contribution in [0.25, 0.3) is 0 Å². The normalized spacial score (nSPS) is 10.1. The van der Waals surface area contributed by atoms with E-state index in [1.54, 1.807) is 25.3 Å². The van der Waals surface area contributed by atoms with Gasteiger partial charge >= 0.3 is 5.97 Å². The number of carbonyl (C=O) groups is 1. The van der Waals surface area contributed by atoms with E-state index in [0.29, 0.717) is 31.1 Å². The van der Waals surface area contributed by atoms with E-state index in [-0.39, 0.29) is 5.97 Å². The monoisotopic (exact) mass is 242 g/mol. The van der Waals surface area contributed by atoms with Gasteiger partial charge in [0.1, 0.15) is 0 Å². The van der Waals surface area contributed by atoms with Crippen molar-refractivity contribution in [2.45, 2.75) is 19.9 Å². The van der Waals surface area contributed by atoms with Gasteiger partial charge in [-0.05, 0) is 19.1 Å². The summed E-state index contributed by atoms with van der Waals surface area (Å²) < 4.78 is 4.80. The number of nitrogens with zero attached hydrogens (tertiary/aromatic N) is 1. The highest BCUT2D eigenvalue weighted by atomic mass is 35.5. The number of rotatable bonds is 6. The number of hydrogen-bond acceptors (Lipinski definition) is 4. The van der Waals surface area contributed by atoms with E-state index < -0.39 is 0 Å². The largest absolute Gasteiger partial charge is 0.466 e. The number of ether oxygens (including phenoxy) is 1. The Kier molecular flexibility index (Phi) is 5.82. The summed E-state index contributed by atoms with van der Waals surface area (Å²) >= 11 is 5.81. The van der Waals surface area contributed by atoms with Crippen LogP contribution in [0.1, 0.15) is 19.0 Å². The Morgan fingerprint density at radius 1 is 1.62 bits per heavy atom. The second-order valence-corrected chi connectivity index (χ2v) is 3.63. The Morgan fingerprint density at radius 2 is 2.44 bits per heavy atom. The van der Waals surface area contributed by atoms with E-state index in [2.05, 4.69) is 10.3 Å². The molecule has 88 valence electrons. The van der Waals surface area contributed by atoms with E-state index in [9.17, 15) is 4.79 Å². The maximum Gasteiger partial charge on any atom is 0.307 e. The number of esters is 1. The predicted molar refractivity (Wildman–Crippen MR) is 62.2 cm³/mol. The molecular formula is C11H15ClN2O2. The molecule has 5 heteroatoms. The molecule has 1 aromatic rings. The van der Waals surface area contributed by atoms with Crippen molar-refractivity contribution in [3.63, 3.8) is 0 Å². The van der Waals surface area contributed by atoms with Crippen molar-refractivity contribution in [2.24, 2.45) is 0 Å². The molecule has 0 aliphatic heterocycles. The van der Waals surface area contributed by atoms with Gasteiger partial charge in [0.25, 0.3) is 0 Å². The lowest BCUT2D eigenvalue weighted by molar-refractivity contribution is -0.142. The van der Waals surface area contributed by atoms with Crippen LogP contribution in [0.15, 0.2) is 18.3 Å². The summed E-state index contributed by atoms with van der Waals surface area (Å²) in [6.07, 6.45) is 2.03. The summed E-state index contributed by atoms with van der Waals surface area (Å²) in [6.45, 7) is 3.39. The fourth-order valence-corrected chi connectivity index (χ4v) is 1.37. The van der Waals surface area contributed by atoms with Gasteiger partial charge < -0.3 is 10.1 Å². The predicted octanol–water partition coefficient (Wildman–Crippen LogP) is 1.78. The molecule has 0 atom stereocenters. The van der Waals surface area contributed by atoms with Crippen LogP contribution < -0.4 is 5.32 Å². The number of nitrogens with one attached hydrogen (secondary N) is 1. The van der Waals surface area contributed by atoms with E-state index in [1.165, 1.54) is 0 Å². The standard InChI is InChI=1S/C11H15ClN2O2/c1-2-16-11(15)4-5-13-8-10-7-9(12)3-6-14-10/h3,6-7,13H,2,4-5,8H2,1H3. The Bertz CT molecular complexity index is 345. The van der Waals surface area contributed by atoms with Gasteiger partial charge in [0.15, 0.2) is 0 Å². The van der Waals surface area contributed by atoms with Crippen LogP contribution in [-0.4, -0.2) is 24.1 Å². The number of aromatic nitrogens is 1. The molecule has 0 bridgehead atoms. The van der Waals surface area contributed by atoms with Gasteiger partial charge in [0.2, 0.25) is 0 Å². The van der Waals surface area contributed by atoms with Crippen LogP contribution in [0.5, 0.6) is 0 Å². The first-order valence-electron chi connectivity index (χ1n) is 5.19. The van der Waals surface area contributed by atoms with Crippen LogP contribution >= 0.6 is 11.6 Å². The summed E-state index contributed by atoms with van der Waals surface area (Å²) in [7, 11) is 0. The Hall–Kier alpha value is -1.13. The van der Waals surface area contributed by atoms with Gasteiger partial charge in [-0.25, -0.2) is 0 Å². The van der Waals surface area contributed by atoms with Gasteiger partial charge in [0, 0.05) is 24.3 Å². The molecule has 1 aromatic heterocycles. The first-order valence-corrected chi connectivity index (χ1v) is 5.57. The molecule has 0 fully saturated rings. The van der Waals surface area contributed by atoms with Gasteiger partial charge in [-0.15, -0.1) is 0 Å².